The molecule has 0 bridgehead atoms. The van der Waals surface area contributed by atoms with E-state index in [0.29, 0.717) is 29.3 Å². The minimum atomic E-state index is -3.78. The molecule has 0 saturated carbocycles. The Morgan fingerprint density at radius 3 is 2.61 bits per heavy atom. The molecule has 0 unspecified atom stereocenters. The van der Waals surface area contributed by atoms with Gasteiger partial charge in [-0.2, -0.15) is 13.5 Å². The minimum absolute atomic E-state index is 0.0767. The van der Waals surface area contributed by atoms with E-state index in [9.17, 15) is 8.42 Å². The summed E-state index contributed by atoms with van der Waals surface area (Å²) < 4.78 is 36.6. The van der Waals surface area contributed by atoms with Crippen LogP contribution < -0.4 is 9.80 Å². The molecule has 0 amide bonds. The molecule has 0 atom stereocenters. The number of aryl methyl sites for hydroxylation is 1. The first-order valence-electron chi connectivity index (χ1n) is 9.04. The Hall–Kier alpha value is -2.90. The van der Waals surface area contributed by atoms with E-state index in [1.807, 2.05) is 43.3 Å². The van der Waals surface area contributed by atoms with Crippen molar-refractivity contribution in [2.45, 2.75) is 20.3 Å². The van der Waals surface area contributed by atoms with Gasteiger partial charge in [-0.25, -0.2) is 0 Å². The summed E-state index contributed by atoms with van der Waals surface area (Å²) in [7, 11) is -3.78. The first kappa shape index (κ1) is 18.5. The molecule has 144 valence electrons. The van der Waals surface area contributed by atoms with Crippen molar-refractivity contribution in [2.24, 2.45) is 0 Å². The highest BCUT2D eigenvalue weighted by Gasteiger charge is 2.32. The molecular formula is C21H20N2O4S. The lowest BCUT2D eigenvalue weighted by Gasteiger charge is -2.32. The van der Waals surface area contributed by atoms with E-state index in [1.54, 1.807) is 31.3 Å². The quantitative estimate of drug-likeness (QED) is 0.606. The number of fused-ring (bicyclic) bond motifs is 2. The number of rotatable bonds is 5. The second-order valence-corrected chi connectivity index (χ2v) is 8.19. The molecule has 3 aromatic rings. The molecule has 28 heavy (non-hydrogen) atoms. The van der Waals surface area contributed by atoms with Crippen molar-refractivity contribution < 1.29 is 17.4 Å². The second kappa shape index (κ2) is 7.26. The summed E-state index contributed by atoms with van der Waals surface area (Å²) in [6.07, 6.45) is 2.17. The van der Waals surface area contributed by atoms with Gasteiger partial charge in [-0.15, -0.1) is 4.28 Å². The van der Waals surface area contributed by atoms with Gasteiger partial charge in [0.25, 0.3) is 10.1 Å². The van der Waals surface area contributed by atoms with Crippen molar-refractivity contribution in [2.75, 3.05) is 10.8 Å². The smallest absolute Gasteiger partial charge is 0.288 e. The summed E-state index contributed by atoms with van der Waals surface area (Å²) >= 11 is 0. The van der Waals surface area contributed by atoms with Gasteiger partial charge in [0.05, 0.1) is 11.4 Å². The van der Waals surface area contributed by atoms with Gasteiger partial charge >= 0.3 is 0 Å². The fourth-order valence-corrected chi connectivity index (χ4v) is 4.16. The van der Waals surface area contributed by atoms with Gasteiger partial charge in [0.1, 0.15) is 11.4 Å². The molecule has 6 nitrogen and oxygen atoms in total. The summed E-state index contributed by atoms with van der Waals surface area (Å²) in [5, 5.41) is 1.35. The van der Waals surface area contributed by atoms with Gasteiger partial charge in [-0.1, -0.05) is 37.3 Å². The molecule has 0 aliphatic carbocycles. The minimum Gasteiger partial charge on any atom is -0.453 e. The molecule has 0 radical (unpaired) electrons. The molecule has 4 rings (SSSR count). The molecule has 0 fully saturated rings. The average Bonchev–Trinajstić information content (AvgIpc) is 2.67. The van der Waals surface area contributed by atoms with Crippen molar-refractivity contribution in [1.82, 2.24) is 4.98 Å². The van der Waals surface area contributed by atoms with Crippen LogP contribution in [0.4, 0.5) is 11.4 Å². The predicted molar refractivity (Wildman–Crippen MR) is 108 cm³/mol. The van der Waals surface area contributed by atoms with Crippen molar-refractivity contribution in [1.29, 1.82) is 0 Å². The number of hydrogen-bond donors (Lipinski definition) is 0. The Morgan fingerprint density at radius 2 is 1.82 bits per heavy atom. The Kier molecular flexibility index (Phi) is 4.78. The van der Waals surface area contributed by atoms with Crippen LogP contribution in [-0.4, -0.2) is 19.2 Å². The first-order chi connectivity index (χ1) is 13.5. The van der Waals surface area contributed by atoms with Crippen LogP contribution in [0, 0.1) is 6.92 Å². The topological polar surface area (TPSA) is 68.7 Å². The highest BCUT2D eigenvalue weighted by Crippen LogP contribution is 2.51. The Bertz CT molecular complexity index is 1130. The zero-order valence-electron chi connectivity index (χ0n) is 15.6. The van der Waals surface area contributed by atoms with Gasteiger partial charge in [0.2, 0.25) is 0 Å². The summed E-state index contributed by atoms with van der Waals surface area (Å²) in [6.45, 7) is 3.75. The molecule has 0 saturated heterocycles. The number of benzene rings is 2. The summed E-state index contributed by atoms with van der Waals surface area (Å²) in [5.74, 6) is 0.955. The van der Waals surface area contributed by atoms with Gasteiger partial charge in [-0.3, -0.25) is 4.98 Å². The lowest BCUT2D eigenvalue weighted by Crippen LogP contribution is -2.27. The zero-order valence-corrected chi connectivity index (χ0v) is 16.4. The van der Waals surface area contributed by atoms with Crippen LogP contribution in [0.5, 0.6) is 11.5 Å². The Morgan fingerprint density at radius 1 is 1.04 bits per heavy atom. The predicted octanol–water partition coefficient (Wildman–Crippen LogP) is 4.97. The van der Waals surface area contributed by atoms with Gasteiger partial charge in [0.15, 0.2) is 11.5 Å². The van der Waals surface area contributed by atoms with Crippen LogP contribution >= 0.6 is 0 Å². The lowest BCUT2D eigenvalue weighted by molar-refractivity contribution is 0.308. The summed E-state index contributed by atoms with van der Waals surface area (Å²) in [6, 6.07) is 16.5. The monoisotopic (exact) mass is 396 g/mol. The third-order valence-corrected chi connectivity index (χ3v) is 5.70. The van der Waals surface area contributed by atoms with Crippen molar-refractivity contribution >= 4 is 21.5 Å². The van der Waals surface area contributed by atoms with Crippen LogP contribution in [0.3, 0.4) is 0 Å². The fraction of sp³-hybridized carbons (Fsp3) is 0.190. The molecular weight excluding hydrogens is 376 g/mol. The molecule has 7 heteroatoms. The van der Waals surface area contributed by atoms with E-state index in [-0.39, 0.29) is 5.75 Å². The van der Waals surface area contributed by atoms with Crippen LogP contribution in [0.25, 0.3) is 11.3 Å². The maximum Gasteiger partial charge on any atom is 0.288 e. The number of anilines is 2. The van der Waals surface area contributed by atoms with Gasteiger partial charge in [-0.05, 0) is 43.2 Å². The van der Waals surface area contributed by atoms with Crippen LogP contribution in [-0.2, 0) is 14.4 Å². The molecule has 1 aromatic heterocycles. The largest absolute Gasteiger partial charge is 0.453 e. The molecule has 1 aliphatic heterocycles. The molecule has 0 N–H and O–H groups in total. The summed E-state index contributed by atoms with van der Waals surface area (Å²) in [4.78, 5) is 4.49. The van der Waals surface area contributed by atoms with Crippen LogP contribution in [0.2, 0.25) is 0 Å². The first-order valence-corrected chi connectivity index (χ1v) is 10.6. The zero-order chi connectivity index (χ0) is 19.7. The van der Waals surface area contributed by atoms with E-state index in [0.717, 1.165) is 16.8 Å². The van der Waals surface area contributed by atoms with E-state index >= 15 is 0 Å². The maximum absolute atomic E-state index is 12.5. The number of ether oxygens (including phenoxy) is 1. The molecule has 2 heterocycles. The van der Waals surface area contributed by atoms with E-state index in [1.165, 1.54) is 5.06 Å². The highest BCUT2D eigenvalue weighted by atomic mass is 32.2. The number of aromatic nitrogens is 1. The fourth-order valence-electron chi connectivity index (χ4n) is 3.20. The molecule has 1 aliphatic rings. The Labute approximate surface area is 164 Å². The molecule has 0 spiro atoms. The van der Waals surface area contributed by atoms with Crippen molar-refractivity contribution in [3.05, 3.63) is 66.4 Å². The highest BCUT2D eigenvalue weighted by molar-refractivity contribution is 7.86. The number of hydrogen-bond acceptors (Lipinski definition) is 6. The second-order valence-electron chi connectivity index (χ2n) is 6.52. The van der Waals surface area contributed by atoms with Gasteiger partial charge in [0, 0.05) is 11.8 Å². The number of para-hydroxylation sites is 3. The number of pyridine rings is 1. The third kappa shape index (κ3) is 3.34. The molecule has 2 aromatic carbocycles. The van der Waals surface area contributed by atoms with E-state index in [4.69, 9.17) is 9.02 Å². The van der Waals surface area contributed by atoms with Crippen LogP contribution in [0.1, 0.15) is 18.9 Å². The average molecular weight is 396 g/mol. The van der Waals surface area contributed by atoms with E-state index < -0.39 is 10.1 Å². The van der Waals surface area contributed by atoms with Crippen molar-refractivity contribution in [3.63, 3.8) is 0 Å². The number of nitrogens with zero attached hydrogens (tertiary/aromatic N) is 2. The van der Waals surface area contributed by atoms with E-state index in [2.05, 4.69) is 4.98 Å². The summed E-state index contributed by atoms with van der Waals surface area (Å²) in [5.41, 5.74) is 3.48. The standard InChI is InChI=1S/C21H20N2O4S/c1-3-14-28(24,25)27-23-17-10-4-5-11-18(17)26-19-12-6-9-16(21(19)23)20-15(2)8-7-13-22-20/h4-13H,3,14H2,1-2H3. The SMILES string of the molecule is CCCS(=O)(=O)ON1c2ccccc2Oc2cccc(-c3ncccc3C)c21. The third-order valence-electron chi connectivity index (χ3n) is 4.41. The lowest BCUT2D eigenvalue weighted by atomic mass is 10.0. The van der Waals surface area contributed by atoms with Crippen molar-refractivity contribution in [3.8, 4) is 22.8 Å². The van der Waals surface area contributed by atoms with Crippen LogP contribution in [0.15, 0.2) is 60.8 Å². The maximum atomic E-state index is 12.5. The Balaban J connectivity index is 1.93. The normalized spacial score (nSPS) is 12.9. The van der Waals surface area contributed by atoms with Gasteiger partial charge < -0.3 is 4.74 Å².